The lowest BCUT2D eigenvalue weighted by Gasteiger charge is -2.09. The number of rotatable bonds is 5. The highest BCUT2D eigenvalue weighted by molar-refractivity contribution is 5.77. The molecular formula is C9H16N4O. The van der Waals surface area contributed by atoms with Gasteiger partial charge in [0.15, 0.2) is 0 Å². The summed E-state index contributed by atoms with van der Waals surface area (Å²) >= 11 is 0. The Kier molecular flexibility index (Phi) is 4.12. The maximum Gasteiger partial charge on any atom is 0.226 e. The first-order chi connectivity index (χ1) is 6.68. The standard InChI is InChI=1S/C9H16N4O/c1-13(2)6-5-10-9(14)7-8-3-4-11-12-8/h3-4H,5-7H2,1-2H3,(H,10,14)(H,11,12). The van der Waals surface area contributed by atoms with Crippen LogP contribution in [0.3, 0.4) is 0 Å². The minimum atomic E-state index is 0.0242. The monoisotopic (exact) mass is 196 g/mol. The third kappa shape index (κ3) is 4.04. The third-order valence-electron chi connectivity index (χ3n) is 1.79. The van der Waals surface area contributed by atoms with Gasteiger partial charge in [-0.2, -0.15) is 5.10 Å². The van der Waals surface area contributed by atoms with Crippen molar-refractivity contribution in [1.82, 2.24) is 20.4 Å². The Bertz CT molecular complexity index is 268. The summed E-state index contributed by atoms with van der Waals surface area (Å²) in [5.74, 6) is 0.0242. The van der Waals surface area contributed by atoms with Gasteiger partial charge in [0, 0.05) is 25.0 Å². The van der Waals surface area contributed by atoms with E-state index in [9.17, 15) is 4.79 Å². The molecule has 0 unspecified atom stereocenters. The summed E-state index contributed by atoms with van der Waals surface area (Å²) in [6.45, 7) is 1.54. The Morgan fingerprint density at radius 2 is 2.43 bits per heavy atom. The smallest absolute Gasteiger partial charge is 0.226 e. The van der Waals surface area contributed by atoms with Crippen LogP contribution >= 0.6 is 0 Å². The van der Waals surface area contributed by atoms with E-state index in [0.29, 0.717) is 13.0 Å². The van der Waals surface area contributed by atoms with Crippen LogP contribution in [0.5, 0.6) is 0 Å². The van der Waals surface area contributed by atoms with E-state index >= 15 is 0 Å². The average molecular weight is 196 g/mol. The Balaban J connectivity index is 2.17. The number of nitrogens with zero attached hydrogens (tertiary/aromatic N) is 2. The number of carbonyl (C=O) groups is 1. The van der Waals surface area contributed by atoms with Gasteiger partial charge in [0.2, 0.25) is 5.91 Å². The predicted octanol–water partition coefficient (Wildman–Crippen LogP) is -0.370. The molecule has 5 nitrogen and oxygen atoms in total. The van der Waals surface area contributed by atoms with Gasteiger partial charge in [-0.25, -0.2) is 0 Å². The molecule has 0 radical (unpaired) electrons. The van der Waals surface area contributed by atoms with Gasteiger partial charge in [-0.15, -0.1) is 0 Å². The highest BCUT2D eigenvalue weighted by atomic mass is 16.1. The first kappa shape index (κ1) is 10.7. The molecule has 0 spiro atoms. The second kappa shape index (κ2) is 5.39. The van der Waals surface area contributed by atoms with Crippen molar-refractivity contribution in [3.63, 3.8) is 0 Å². The van der Waals surface area contributed by atoms with Crippen molar-refractivity contribution >= 4 is 5.91 Å². The van der Waals surface area contributed by atoms with Crippen molar-refractivity contribution in [2.24, 2.45) is 0 Å². The van der Waals surface area contributed by atoms with Crippen molar-refractivity contribution in [1.29, 1.82) is 0 Å². The molecular weight excluding hydrogens is 180 g/mol. The molecule has 0 saturated heterocycles. The molecule has 2 N–H and O–H groups in total. The lowest BCUT2D eigenvalue weighted by Crippen LogP contribution is -2.32. The van der Waals surface area contributed by atoms with E-state index in [1.54, 1.807) is 12.3 Å². The van der Waals surface area contributed by atoms with Gasteiger partial charge in [-0.05, 0) is 20.2 Å². The van der Waals surface area contributed by atoms with E-state index in [4.69, 9.17) is 0 Å². The van der Waals surface area contributed by atoms with E-state index in [2.05, 4.69) is 15.5 Å². The molecule has 1 heterocycles. The molecule has 1 amide bonds. The molecule has 1 rings (SSSR count). The van der Waals surface area contributed by atoms with Crippen molar-refractivity contribution < 1.29 is 4.79 Å². The number of aromatic nitrogens is 2. The fraction of sp³-hybridized carbons (Fsp3) is 0.556. The summed E-state index contributed by atoms with van der Waals surface area (Å²) in [5, 5.41) is 9.34. The number of hydrogen-bond acceptors (Lipinski definition) is 3. The van der Waals surface area contributed by atoms with Gasteiger partial charge in [-0.3, -0.25) is 9.89 Å². The number of aromatic amines is 1. The van der Waals surface area contributed by atoms with Crippen molar-refractivity contribution in [3.05, 3.63) is 18.0 Å². The van der Waals surface area contributed by atoms with Crippen LogP contribution < -0.4 is 5.32 Å². The summed E-state index contributed by atoms with van der Waals surface area (Å²) in [4.78, 5) is 13.3. The SMILES string of the molecule is CN(C)CCNC(=O)Cc1ccn[nH]1. The zero-order valence-electron chi connectivity index (χ0n) is 8.58. The van der Waals surface area contributed by atoms with Crippen LogP contribution in [0.25, 0.3) is 0 Å². The number of nitrogens with one attached hydrogen (secondary N) is 2. The van der Waals surface area contributed by atoms with E-state index in [1.165, 1.54) is 0 Å². The molecule has 0 aliphatic rings. The van der Waals surface area contributed by atoms with E-state index < -0.39 is 0 Å². The minimum Gasteiger partial charge on any atom is -0.354 e. The first-order valence-corrected chi connectivity index (χ1v) is 4.58. The topological polar surface area (TPSA) is 61.0 Å². The Morgan fingerprint density at radius 1 is 1.64 bits per heavy atom. The molecule has 0 saturated carbocycles. The number of amides is 1. The van der Waals surface area contributed by atoms with Crippen LogP contribution in [0.1, 0.15) is 5.69 Å². The fourth-order valence-electron chi connectivity index (χ4n) is 1.04. The molecule has 0 atom stereocenters. The summed E-state index contributed by atoms with van der Waals surface area (Å²) in [7, 11) is 3.95. The van der Waals surface area contributed by atoms with Gasteiger partial charge in [-0.1, -0.05) is 0 Å². The van der Waals surface area contributed by atoms with Crippen molar-refractivity contribution in [3.8, 4) is 0 Å². The quantitative estimate of drug-likeness (QED) is 0.675. The molecule has 14 heavy (non-hydrogen) atoms. The minimum absolute atomic E-state index is 0.0242. The van der Waals surface area contributed by atoms with Crippen LogP contribution in [0.4, 0.5) is 0 Å². The van der Waals surface area contributed by atoms with Crippen molar-refractivity contribution in [2.75, 3.05) is 27.2 Å². The summed E-state index contributed by atoms with van der Waals surface area (Å²) in [6, 6.07) is 1.80. The van der Waals surface area contributed by atoms with Gasteiger partial charge in [0.1, 0.15) is 0 Å². The second-order valence-electron chi connectivity index (χ2n) is 3.41. The maximum atomic E-state index is 11.3. The van der Waals surface area contributed by atoms with Crippen LogP contribution in [0.15, 0.2) is 12.3 Å². The molecule has 0 bridgehead atoms. The average Bonchev–Trinajstić information content (AvgIpc) is 2.56. The Morgan fingerprint density at radius 3 is 3.00 bits per heavy atom. The second-order valence-corrected chi connectivity index (χ2v) is 3.41. The van der Waals surface area contributed by atoms with Gasteiger partial charge in [0.05, 0.1) is 6.42 Å². The first-order valence-electron chi connectivity index (χ1n) is 4.58. The number of carbonyl (C=O) groups excluding carboxylic acids is 1. The fourth-order valence-corrected chi connectivity index (χ4v) is 1.04. The molecule has 0 aliphatic carbocycles. The Labute approximate surface area is 83.5 Å². The number of hydrogen-bond donors (Lipinski definition) is 2. The van der Waals surface area contributed by atoms with Gasteiger partial charge < -0.3 is 10.2 Å². The molecule has 1 aromatic heterocycles. The number of likely N-dealkylation sites (N-methyl/N-ethyl adjacent to an activating group) is 1. The van der Waals surface area contributed by atoms with Gasteiger partial charge in [0.25, 0.3) is 0 Å². The highest BCUT2D eigenvalue weighted by Gasteiger charge is 2.03. The van der Waals surface area contributed by atoms with Crippen molar-refractivity contribution in [2.45, 2.75) is 6.42 Å². The van der Waals surface area contributed by atoms with E-state index in [0.717, 1.165) is 12.2 Å². The summed E-state index contributed by atoms with van der Waals surface area (Å²) < 4.78 is 0. The zero-order chi connectivity index (χ0) is 10.4. The number of H-pyrrole nitrogens is 1. The molecule has 0 fully saturated rings. The molecule has 78 valence electrons. The predicted molar refractivity (Wildman–Crippen MR) is 53.9 cm³/mol. The molecule has 0 aliphatic heterocycles. The summed E-state index contributed by atoms with van der Waals surface area (Å²) in [5.41, 5.74) is 0.840. The summed E-state index contributed by atoms with van der Waals surface area (Å²) in [6.07, 6.45) is 2.01. The van der Waals surface area contributed by atoms with E-state index in [1.807, 2.05) is 19.0 Å². The Hall–Kier alpha value is -1.36. The molecule has 5 heteroatoms. The van der Waals surface area contributed by atoms with Crippen LogP contribution in [0, 0.1) is 0 Å². The van der Waals surface area contributed by atoms with E-state index in [-0.39, 0.29) is 5.91 Å². The van der Waals surface area contributed by atoms with Crippen LogP contribution in [-0.2, 0) is 11.2 Å². The third-order valence-corrected chi connectivity index (χ3v) is 1.79. The van der Waals surface area contributed by atoms with Crippen LogP contribution in [-0.4, -0.2) is 48.2 Å². The lowest BCUT2D eigenvalue weighted by molar-refractivity contribution is -0.120. The largest absolute Gasteiger partial charge is 0.354 e. The molecule has 0 aromatic carbocycles. The maximum absolute atomic E-state index is 11.3. The lowest BCUT2D eigenvalue weighted by atomic mass is 10.3. The van der Waals surface area contributed by atoms with Gasteiger partial charge >= 0.3 is 0 Å². The normalized spacial score (nSPS) is 10.5. The molecule has 1 aromatic rings. The van der Waals surface area contributed by atoms with Crippen LogP contribution in [0.2, 0.25) is 0 Å². The zero-order valence-corrected chi connectivity index (χ0v) is 8.58. The highest BCUT2D eigenvalue weighted by Crippen LogP contribution is 1.92.